The number of rotatable bonds is 9. The van der Waals surface area contributed by atoms with Crippen LogP contribution in [-0.4, -0.2) is 42.1 Å². The van der Waals surface area contributed by atoms with E-state index in [-0.39, 0.29) is 11.9 Å². The average Bonchev–Trinajstić information content (AvgIpc) is 3.11. The SMILES string of the molecule is COc1ccc(NC(=O)CC(C)NCCc2cn3ccccc3n2)c(OC)c1. The van der Waals surface area contributed by atoms with E-state index in [4.69, 9.17) is 9.47 Å². The molecule has 2 N–H and O–H groups in total. The number of carbonyl (C=O) groups excluding carboxylic acids is 1. The number of amides is 1. The van der Waals surface area contributed by atoms with Crippen molar-refractivity contribution in [1.82, 2.24) is 14.7 Å². The van der Waals surface area contributed by atoms with Crippen LogP contribution in [0.15, 0.2) is 48.8 Å². The molecule has 2 aromatic heterocycles. The number of nitrogens with zero attached hydrogens (tertiary/aromatic N) is 2. The molecule has 7 heteroatoms. The fraction of sp³-hybridized carbons (Fsp3) is 0.333. The van der Waals surface area contributed by atoms with Crippen LogP contribution in [0.25, 0.3) is 5.65 Å². The Hall–Kier alpha value is -3.06. The average molecular weight is 382 g/mol. The molecule has 28 heavy (non-hydrogen) atoms. The maximum atomic E-state index is 12.3. The number of ether oxygens (including phenoxy) is 2. The van der Waals surface area contributed by atoms with Crippen molar-refractivity contribution in [3.05, 3.63) is 54.5 Å². The zero-order chi connectivity index (χ0) is 19.9. The molecule has 1 aromatic carbocycles. The third-order valence-electron chi connectivity index (χ3n) is 4.46. The molecule has 1 atom stereocenters. The number of anilines is 1. The number of aromatic nitrogens is 2. The van der Waals surface area contributed by atoms with Crippen molar-refractivity contribution >= 4 is 17.2 Å². The van der Waals surface area contributed by atoms with Crippen molar-refractivity contribution in [3.63, 3.8) is 0 Å². The zero-order valence-electron chi connectivity index (χ0n) is 16.4. The summed E-state index contributed by atoms with van der Waals surface area (Å²) in [5.41, 5.74) is 2.60. The Morgan fingerprint density at radius 3 is 2.82 bits per heavy atom. The topological polar surface area (TPSA) is 76.9 Å². The molecule has 2 heterocycles. The van der Waals surface area contributed by atoms with Gasteiger partial charge in [0.15, 0.2) is 0 Å². The fourth-order valence-corrected chi connectivity index (χ4v) is 3.01. The van der Waals surface area contributed by atoms with E-state index in [2.05, 4.69) is 15.6 Å². The monoisotopic (exact) mass is 382 g/mol. The van der Waals surface area contributed by atoms with E-state index >= 15 is 0 Å². The molecule has 1 amide bonds. The second-order valence-corrected chi connectivity index (χ2v) is 6.62. The Bertz CT molecular complexity index is 905. The van der Waals surface area contributed by atoms with Crippen molar-refractivity contribution < 1.29 is 14.3 Å². The zero-order valence-corrected chi connectivity index (χ0v) is 16.4. The van der Waals surface area contributed by atoms with Gasteiger partial charge in [-0.2, -0.15) is 0 Å². The molecule has 0 fully saturated rings. The lowest BCUT2D eigenvalue weighted by molar-refractivity contribution is -0.116. The summed E-state index contributed by atoms with van der Waals surface area (Å²) in [6.07, 6.45) is 5.18. The van der Waals surface area contributed by atoms with Gasteiger partial charge >= 0.3 is 0 Å². The second kappa shape index (κ2) is 9.23. The molecular formula is C21H26N4O3. The van der Waals surface area contributed by atoms with E-state index in [0.717, 1.165) is 24.3 Å². The number of methoxy groups -OCH3 is 2. The summed E-state index contributed by atoms with van der Waals surface area (Å²) >= 11 is 0. The van der Waals surface area contributed by atoms with Crippen LogP contribution in [-0.2, 0) is 11.2 Å². The van der Waals surface area contributed by atoms with Crippen molar-refractivity contribution in [3.8, 4) is 11.5 Å². The second-order valence-electron chi connectivity index (χ2n) is 6.62. The van der Waals surface area contributed by atoms with Crippen molar-refractivity contribution in [1.29, 1.82) is 0 Å². The lowest BCUT2D eigenvalue weighted by atomic mass is 10.2. The van der Waals surface area contributed by atoms with Gasteiger partial charge in [-0.3, -0.25) is 4.79 Å². The Balaban J connectivity index is 1.46. The summed E-state index contributed by atoms with van der Waals surface area (Å²) in [7, 11) is 3.15. The number of carbonyl (C=O) groups is 1. The van der Waals surface area contributed by atoms with Crippen molar-refractivity contribution in [2.75, 3.05) is 26.1 Å². The normalized spacial score (nSPS) is 12.0. The van der Waals surface area contributed by atoms with Gasteiger partial charge in [-0.1, -0.05) is 6.07 Å². The van der Waals surface area contributed by atoms with E-state index in [1.165, 1.54) is 0 Å². The highest BCUT2D eigenvalue weighted by Crippen LogP contribution is 2.29. The minimum atomic E-state index is -0.0730. The van der Waals surface area contributed by atoms with Crippen LogP contribution in [0.1, 0.15) is 19.0 Å². The van der Waals surface area contributed by atoms with E-state index < -0.39 is 0 Å². The minimum Gasteiger partial charge on any atom is -0.497 e. The van der Waals surface area contributed by atoms with Gasteiger partial charge in [0.25, 0.3) is 0 Å². The summed E-state index contributed by atoms with van der Waals surface area (Å²) in [4.78, 5) is 16.9. The molecule has 0 radical (unpaired) electrons. The molecule has 0 bridgehead atoms. The molecule has 1 unspecified atom stereocenters. The predicted octanol–water partition coefficient (Wildman–Crippen LogP) is 2.90. The first-order valence-electron chi connectivity index (χ1n) is 9.27. The van der Waals surface area contributed by atoms with Gasteiger partial charge in [-0.15, -0.1) is 0 Å². The Labute approximate surface area is 164 Å². The largest absolute Gasteiger partial charge is 0.497 e. The summed E-state index contributed by atoms with van der Waals surface area (Å²) in [5.74, 6) is 1.17. The van der Waals surface area contributed by atoms with Crippen LogP contribution in [0.3, 0.4) is 0 Å². The third kappa shape index (κ3) is 5.01. The van der Waals surface area contributed by atoms with E-state index in [0.29, 0.717) is 23.6 Å². The molecule has 3 aromatic rings. The molecule has 0 saturated heterocycles. The summed E-state index contributed by atoms with van der Waals surface area (Å²) in [6.45, 7) is 2.75. The van der Waals surface area contributed by atoms with Crippen LogP contribution in [0, 0.1) is 0 Å². The summed E-state index contributed by atoms with van der Waals surface area (Å²) in [6, 6.07) is 11.3. The van der Waals surface area contributed by atoms with Crippen molar-refractivity contribution in [2.45, 2.75) is 25.8 Å². The van der Waals surface area contributed by atoms with Gasteiger partial charge in [-0.25, -0.2) is 4.98 Å². The molecule has 0 aliphatic rings. The van der Waals surface area contributed by atoms with Crippen molar-refractivity contribution in [2.24, 2.45) is 0 Å². The number of imidazole rings is 1. The number of pyridine rings is 1. The predicted molar refractivity (Wildman–Crippen MR) is 109 cm³/mol. The van der Waals surface area contributed by atoms with Crippen LogP contribution >= 0.6 is 0 Å². The van der Waals surface area contributed by atoms with Gasteiger partial charge in [0.05, 0.1) is 25.6 Å². The van der Waals surface area contributed by atoms with E-state index in [1.54, 1.807) is 32.4 Å². The first-order valence-corrected chi connectivity index (χ1v) is 9.27. The van der Waals surface area contributed by atoms with Crippen LogP contribution in [0.4, 0.5) is 5.69 Å². The number of hydrogen-bond donors (Lipinski definition) is 2. The highest BCUT2D eigenvalue weighted by atomic mass is 16.5. The Kier molecular flexibility index (Phi) is 6.49. The van der Waals surface area contributed by atoms with Crippen LogP contribution in [0.2, 0.25) is 0 Å². The van der Waals surface area contributed by atoms with E-state index in [9.17, 15) is 4.79 Å². The number of hydrogen-bond acceptors (Lipinski definition) is 5. The maximum Gasteiger partial charge on any atom is 0.226 e. The van der Waals surface area contributed by atoms with E-state index in [1.807, 2.05) is 41.9 Å². The molecule has 7 nitrogen and oxygen atoms in total. The molecule has 0 aliphatic carbocycles. The standard InChI is InChI=1S/C21H26N4O3/c1-15(22-10-9-16-14-25-11-5-4-6-20(25)23-16)12-21(26)24-18-8-7-17(27-2)13-19(18)28-3/h4-8,11,13-15,22H,9-10,12H2,1-3H3,(H,24,26). The molecule has 0 saturated carbocycles. The summed E-state index contributed by atoms with van der Waals surface area (Å²) in [5, 5.41) is 6.27. The highest BCUT2D eigenvalue weighted by Gasteiger charge is 2.12. The fourth-order valence-electron chi connectivity index (χ4n) is 3.01. The van der Waals surface area contributed by atoms with Gasteiger partial charge in [0.2, 0.25) is 5.91 Å². The smallest absolute Gasteiger partial charge is 0.226 e. The Morgan fingerprint density at radius 1 is 1.21 bits per heavy atom. The maximum absolute atomic E-state index is 12.3. The lowest BCUT2D eigenvalue weighted by Gasteiger charge is -2.15. The minimum absolute atomic E-state index is 0.0428. The number of nitrogens with one attached hydrogen (secondary N) is 2. The van der Waals surface area contributed by atoms with Crippen LogP contribution in [0.5, 0.6) is 11.5 Å². The van der Waals surface area contributed by atoms with Gasteiger partial charge in [0, 0.05) is 43.9 Å². The van der Waals surface area contributed by atoms with Gasteiger partial charge < -0.3 is 24.5 Å². The number of fused-ring (bicyclic) bond motifs is 1. The van der Waals surface area contributed by atoms with Gasteiger partial charge in [-0.05, 0) is 31.2 Å². The summed E-state index contributed by atoms with van der Waals surface area (Å²) < 4.78 is 12.5. The number of benzene rings is 1. The first kappa shape index (κ1) is 19.7. The molecule has 0 aliphatic heterocycles. The Morgan fingerprint density at radius 2 is 2.07 bits per heavy atom. The lowest BCUT2D eigenvalue weighted by Crippen LogP contribution is -2.32. The molecule has 0 spiro atoms. The highest BCUT2D eigenvalue weighted by molar-refractivity contribution is 5.92. The van der Waals surface area contributed by atoms with Gasteiger partial charge in [0.1, 0.15) is 17.1 Å². The molecule has 3 rings (SSSR count). The molecular weight excluding hydrogens is 356 g/mol. The first-order chi connectivity index (χ1) is 13.6. The van der Waals surface area contributed by atoms with Crippen LogP contribution < -0.4 is 20.1 Å². The third-order valence-corrected chi connectivity index (χ3v) is 4.46. The molecule has 148 valence electrons. The quantitative estimate of drug-likeness (QED) is 0.595.